The third-order valence-corrected chi connectivity index (χ3v) is 5.42. The number of hydrogen-bond donors (Lipinski definition) is 0. The lowest BCUT2D eigenvalue weighted by Gasteiger charge is -2.41. The van der Waals surface area contributed by atoms with E-state index in [0.717, 1.165) is 43.2 Å². The molecule has 2 saturated heterocycles. The first-order chi connectivity index (χ1) is 12.2. The minimum atomic E-state index is -0.0876. The Bertz CT molecular complexity index is 755. The van der Waals surface area contributed by atoms with Crippen molar-refractivity contribution in [1.82, 2.24) is 19.4 Å². The Morgan fingerprint density at radius 3 is 2.84 bits per heavy atom. The van der Waals surface area contributed by atoms with Crippen LogP contribution >= 0.6 is 0 Å². The topological polar surface area (TPSA) is 50.6 Å². The smallest absolute Gasteiger partial charge is 0.239 e. The highest BCUT2D eigenvalue weighted by Gasteiger charge is 2.40. The van der Waals surface area contributed by atoms with E-state index >= 15 is 0 Å². The van der Waals surface area contributed by atoms with Gasteiger partial charge in [-0.25, -0.2) is 4.98 Å². The Kier molecular flexibility index (Phi) is 4.21. The van der Waals surface area contributed by atoms with Crippen LogP contribution in [0, 0.1) is 0 Å². The lowest BCUT2D eigenvalue weighted by Crippen LogP contribution is -2.58. The van der Waals surface area contributed by atoms with Crippen molar-refractivity contribution in [2.24, 2.45) is 0 Å². The van der Waals surface area contributed by atoms with E-state index in [4.69, 9.17) is 4.74 Å². The first-order valence-electron chi connectivity index (χ1n) is 8.88. The number of methoxy groups -OCH3 is 1. The number of fused-ring (bicyclic) bond motifs is 1. The van der Waals surface area contributed by atoms with Gasteiger partial charge in [0.15, 0.2) is 0 Å². The van der Waals surface area contributed by atoms with Gasteiger partial charge in [-0.2, -0.15) is 0 Å². The van der Waals surface area contributed by atoms with Crippen LogP contribution in [0.3, 0.4) is 0 Å². The second-order valence-electron chi connectivity index (χ2n) is 6.84. The predicted octanol–water partition coefficient (Wildman–Crippen LogP) is 2.08. The molecule has 6 nitrogen and oxygen atoms in total. The number of carbonyl (C=O) groups is 1. The average molecular weight is 340 g/mol. The second-order valence-corrected chi connectivity index (χ2v) is 6.84. The summed E-state index contributed by atoms with van der Waals surface area (Å²) in [5.41, 5.74) is 1.05. The van der Waals surface area contributed by atoms with Crippen molar-refractivity contribution in [2.45, 2.75) is 38.4 Å². The van der Waals surface area contributed by atoms with Gasteiger partial charge in [0.2, 0.25) is 5.91 Å². The minimum absolute atomic E-state index is 0.0876. The largest absolute Gasteiger partial charge is 0.497 e. The molecule has 1 amide bonds. The zero-order valence-corrected chi connectivity index (χ0v) is 14.8. The second kappa shape index (κ2) is 6.52. The van der Waals surface area contributed by atoms with E-state index in [-0.39, 0.29) is 11.9 Å². The summed E-state index contributed by atoms with van der Waals surface area (Å²) in [7, 11) is 1.67. The van der Waals surface area contributed by atoms with Crippen LogP contribution in [-0.2, 0) is 11.3 Å². The molecule has 0 bridgehead atoms. The Labute approximate surface area is 148 Å². The van der Waals surface area contributed by atoms with Gasteiger partial charge in [-0.15, -0.1) is 0 Å². The van der Waals surface area contributed by atoms with Crippen molar-refractivity contribution in [3.8, 4) is 11.4 Å². The fraction of sp³-hybridized carbons (Fsp3) is 0.474. The normalized spacial score (nSPS) is 23.8. The van der Waals surface area contributed by atoms with Gasteiger partial charge in [0.1, 0.15) is 11.6 Å². The number of aromatic nitrogens is 2. The van der Waals surface area contributed by atoms with Crippen molar-refractivity contribution in [3.63, 3.8) is 0 Å². The van der Waals surface area contributed by atoms with Gasteiger partial charge < -0.3 is 14.2 Å². The summed E-state index contributed by atoms with van der Waals surface area (Å²) in [6, 6.07) is 8.22. The predicted molar refractivity (Wildman–Crippen MR) is 94.7 cm³/mol. The van der Waals surface area contributed by atoms with Crippen LogP contribution in [0.2, 0.25) is 0 Å². The van der Waals surface area contributed by atoms with Crippen LogP contribution in [-0.4, -0.2) is 57.5 Å². The molecule has 0 unspecified atom stereocenters. The standard InChI is InChI=1S/C19H24N4O2/c1-14-19(24)23-10-3-4-16(23)12-21(14)13-18-20-9-11-22(18)15-5-7-17(25-2)8-6-15/h5-9,11,14,16H,3-4,10,12-13H2,1-2H3/t14-,16+/m1/s1. The summed E-state index contributed by atoms with van der Waals surface area (Å²) in [6.07, 6.45) is 6.02. The molecule has 0 spiro atoms. The molecule has 2 fully saturated rings. The van der Waals surface area contributed by atoms with Gasteiger partial charge >= 0.3 is 0 Å². The third kappa shape index (κ3) is 2.91. The number of ether oxygens (including phenoxy) is 1. The molecule has 25 heavy (non-hydrogen) atoms. The Balaban J connectivity index is 1.55. The lowest BCUT2D eigenvalue weighted by atomic mass is 10.1. The summed E-state index contributed by atoms with van der Waals surface area (Å²) in [5, 5.41) is 0. The fourth-order valence-electron chi connectivity index (χ4n) is 3.95. The Hall–Kier alpha value is -2.34. The van der Waals surface area contributed by atoms with E-state index in [1.165, 1.54) is 0 Å². The maximum absolute atomic E-state index is 12.6. The summed E-state index contributed by atoms with van der Waals surface area (Å²) >= 11 is 0. The molecule has 0 radical (unpaired) electrons. The number of imidazole rings is 1. The maximum Gasteiger partial charge on any atom is 0.239 e. The van der Waals surface area contributed by atoms with E-state index in [0.29, 0.717) is 12.6 Å². The van der Waals surface area contributed by atoms with E-state index in [9.17, 15) is 4.79 Å². The fourth-order valence-corrected chi connectivity index (χ4v) is 3.95. The quantitative estimate of drug-likeness (QED) is 0.855. The van der Waals surface area contributed by atoms with Crippen molar-refractivity contribution < 1.29 is 9.53 Å². The van der Waals surface area contributed by atoms with Gasteiger partial charge in [-0.05, 0) is 44.0 Å². The molecule has 3 heterocycles. The van der Waals surface area contributed by atoms with Gasteiger partial charge in [0, 0.05) is 37.2 Å². The summed E-state index contributed by atoms with van der Waals surface area (Å²) in [4.78, 5) is 21.5. The molecule has 6 heteroatoms. The van der Waals surface area contributed by atoms with Gasteiger partial charge in [-0.1, -0.05) is 0 Å². The highest BCUT2D eigenvalue weighted by molar-refractivity contribution is 5.83. The zero-order valence-electron chi connectivity index (χ0n) is 14.8. The summed E-state index contributed by atoms with van der Waals surface area (Å²) in [5.74, 6) is 2.05. The highest BCUT2D eigenvalue weighted by atomic mass is 16.5. The number of amides is 1. The van der Waals surface area contributed by atoms with E-state index in [2.05, 4.69) is 19.4 Å². The molecular weight excluding hydrogens is 316 g/mol. The molecule has 2 aromatic rings. The molecule has 4 rings (SSSR count). The molecule has 1 aromatic heterocycles. The molecule has 132 valence electrons. The average Bonchev–Trinajstić information content (AvgIpc) is 3.29. The Morgan fingerprint density at radius 2 is 2.08 bits per heavy atom. The van der Waals surface area contributed by atoms with Gasteiger partial charge in [0.25, 0.3) is 0 Å². The van der Waals surface area contributed by atoms with Crippen LogP contribution in [0.1, 0.15) is 25.6 Å². The molecule has 2 aliphatic rings. The Morgan fingerprint density at radius 1 is 1.28 bits per heavy atom. The monoisotopic (exact) mass is 340 g/mol. The molecule has 2 aliphatic heterocycles. The van der Waals surface area contributed by atoms with E-state index < -0.39 is 0 Å². The van der Waals surface area contributed by atoms with Crippen molar-refractivity contribution in [1.29, 1.82) is 0 Å². The van der Waals surface area contributed by atoms with Crippen LogP contribution in [0.4, 0.5) is 0 Å². The summed E-state index contributed by atoms with van der Waals surface area (Å²) < 4.78 is 7.31. The summed E-state index contributed by atoms with van der Waals surface area (Å²) in [6.45, 7) is 4.54. The third-order valence-electron chi connectivity index (χ3n) is 5.42. The van der Waals surface area contributed by atoms with E-state index in [1.807, 2.05) is 43.6 Å². The van der Waals surface area contributed by atoms with Crippen LogP contribution < -0.4 is 4.74 Å². The minimum Gasteiger partial charge on any atom is -0.497 e. The number of hydrogen-bond acceptors (Lipinski definition) is 4. The number of nitrogens with zero attached hydrogens (tertiary/aromatic N) is 4. The highest BCUT2D eigenvalue weighted by Crippen LogP contribution is 2.27. The van der Waals surface area contributed by atoms with Crippen LogP contribution in [0.15, 0.2) is 36.7 Å². The maximum atomic E-state index is 12.6. The molecule has 1 aromatic carbocycles. The number of rotatable bonds is 4. The molecule has 0 N–H and O–H groups in total. The molecule has 0 aliphatic carbocycles. The van der Waals surface area contributed by atoms with Crippen LogP contribution in [0.5, 0.6) is 5.75 Å². The van der Waals surface area contributed by atoms with Gasteiger partial charge in [0.05, 0.1) is 19.7 Å². The molecular formula is C19H24N4O2. The van der Waals surface area contributed by atoms with Crippen molar-refractivity contribution >= 4 is 5.91 Å². The van der Waals surface area contributed by atoms with E-state index in [1.54, 1.807) is 7.11 Å². The first kappa shape index (κ1) is 16.1. The zero-order chi connectivity index (χ0) is 17.4. The van der Waals surface area contributed by atoms with Crippen molar-refractivity contribution in [2.75, 3.05) is 20.2 Å². The first-order valence-corrected chi connectivity index (χ1v) is 8.88. The molecule has 2 atom stereocenters. The van der Waals surface area contributed by atoms with Crippen molar-refractivity contribution in [3.05, 3.63) is 42.5 Å². The van der Waals surface area contributed by atoms with Gasteiger partial charge in [-0.3, -0.25) is 9.69 Å². The number of piperazine rings is 1. The van der Waals surface area contributed by atoms with Crippen LogP contribution in [0.25, 0.3) is 5.69 Å². The SMILES string of the molecule is COc1ccc(-n2ccnc2CN2C[C@@H]3CCCN3C(=O)[C@H]2C)cc1. The lowest BCUT2D eigenvalue weighted by molar-refractivity contribution is -0.143. The molecule has 0 saturated carbocycles. The number of benzene rings is 1. The number of carbonyl (C=O) groups excluding carboxylic acids is 1.